The molecule has 0 spiro atoms. The van der Waals surface area contributed by atoms with E-state index in [-0.39, 0.29) is 5.56 Å². The van der Waals surface area contributed by atoms with Crippen LogP contribution in [0.1, 0.15) is 15.9 Å². The van der Waals surface area contributed by atoms with Gasteiger partial charge in [-0.15, -0.1) is 0 Å². The van der Waals surface area contributed by atoms with Crippen molar-refractivity contribution in [1.29, 1.82) is 0 Å². The average Bonchev–Trinajstić information content (AvgIpc) is 2.81. The first-order chi connectivity index (χ1) is 9.15. The molecule has 0 saturated carbocycles. The van der Waals surface area contributed by atoms with Gasteiger partial charge in [0.15, 0.2) is 0 Å². The lowest BCUT2D eigenvalue weighted by atomic mass is 10.0. The molecule has 1 aromatic heterocycles. The molecule has 0 bridgehead atoms. The molecule has 1 N–H and O–H groups in total. The van der Waals surface area contributed by atoms with Crippen molar-refractivity contribution in [3.63, 3.8) is 0 Å². The molecule has 0 fully saturated rings. The molecule has 0 atom stereocenters. The molecule has 0 aliphatic heterocycles. The molecule has 1 heterocycles. The number of hydrogen-bond acceptors (Lipinski definition) is 2. The number of carboxylic acid groups (broad SMARTS) is 1. The van der Waals surface area contributed by atoms with E-state index in [1.807, 2.05) is 31.2 Å². The van der Waals surface area contributed by atoms with E-state index in [1.165, 1.54) is 0 Å². The Balaban J connectivity index is 2.21. The average molecular weight is 252 g/mol. The van der Waals surface area contributed by atoms with Crippen LogP contribution in [0.5, 0.6) is 0 Å². The summed E-state index contributed by atoms with van der Waals surface area (Å²) in [7, 11) is 0. The van der Waals surface area contributed by atoms with Crippen LogP contribution < -0.4 is 0 Å². The van der Waals surface area contributed by atoms with Crippen molar-refractivity contribution in [2.75, 3.05) is 0 Å². The summed E-state index contributed by atoms with van der Waals surface area (Å²) in [5.41, 5.74) is 4.00. The number of aromatic carboxylic acids is 1. The Bertz CT molecular complexity index is 769. The highest BCUT2D eigenvalue weighted by atomic mass is 16.4. The van der Waals surface area contributed by atoms with Crippen molar-refractivity contribution < 1.29 is 14.3 Å². The maximum absolute atomic E-state index is 11.0. The molecule has 0 aliphatic rings. The summed E-state index contributed by atoms with van der Waals surface area (Å²) in [5, 5.41) is 10.0. The van der Waals surface area contributed by atoms with Crippen LogP contribution >= 0.6 is 0 Å². The number of hydrogen-bond donors (Lipinski definition) is 1. The van der Waals surface area contributed by atoms with Gasteiger partial charge in [-0.1, -0.05) is 23.8 Å². The van der Waals surface area contributed by atoms with Gasteiger partial charge in [-0.05, 0) is 36.8 Å². The number of fused-ring (bicyclic) bond motifs is 1. The van der Waals surface area contributed by atoms with Crippen LogP contribution in [-0.2, 0) is 0 Å². The van der Waals surface area contributed by atoms with Crippen molar-refractivity contribution in [3.05, 3.63) is 59.9 Å². The summed E-state index contributed by atoms with van der Waals surface area (Å²) in [6, 6.07) is 12.8. The summed E-state index contributed by atoms with van der Waals surface area (Å²) in [6.07, 6.45) is 1.67. The highest BCUT2D eigenvalue weighted by molar-refractivity contribution is 5.96. The molecule has 0 radical (unpaired) electrons. The van der Waals surface area contributed by atoms with E-state index < -0.39 is 5.97 Å². The number of aryl methyl sites for hydroxylation is 1. The smallest absolute Gasteiger partial charge is 0.335 e. The van der Waals surface area contributed by atoms with E-state index in [9.17, 15) is 4.79 Å². The van der Waals surface area contributed by atoms with Crippen LogP contribution in [0.4, 0.5) is 0 Å². The molecule has 3 nitrogen and oxygen atoms in total. The second-order valence-electron chi connectivity index (χ2n) is 4.53. The Morgan fingerprint density at radius 2 is 2.00 bits per heavy atom. The Hall–Kier alpha value is -2.55. The molecule has 0 unspecified atom stereocenters. The number of rotatable bonds is 2. The topological polar surface area (TPSA) is 50.4 Å². The van der Waals surface area contributed by atoms with Gasteiger partial charge in [0, 0.05) is 10.9 Å². The van der Waals surface area contributed by atoms with E-state index in [0.717, 1.165) is 27.7 Å². The van der Waals surface area contributed by atoms with Crippen LogP contribution in [0, 0.1) is 6.92 Å². The number of furan rings is 1. The maximum atomic E-state index is 11.0. The predicted molar refractivity (Wildman–Crippen MR) is 73.3 cm³/mol. The molecule has 94 valence electrons. The van der Waals surface area contributed by atoms with Crippen molar-refractivity contribution in [2.24, 2.45) is 0 Å². The standard InChI is InChI=1S/C16H12O3/c1-10-5-6-15-13(7-10)14(9-19-15)11-3-2-4-12(8-11)16(17)18/h2-9H,1H3,(H,17,18). The van der Waals surface area contributed by atoms with Gasteiger partial charge in [-0.2, -0.15) is 0 Å². The molecule has 3 rings (SSSR count). The van der Waals surface area contributed by atoms with Gasteiger partial charge in [-0.25, -0.2) is 4.79 Å². The fourth-order valence-electron chi connectivity index (χ4n) is 2.19. The molecular weight excluding hydrogens is 240 g/mol. The largest absolute Gasteiger partial charge is 0.478 e. The zero-order valence-corrected chi connectivity index (χ0v) is 10.4. The maximum Gasteiger partial charge on any atom is 0.335 e. The lowest BCUT2D eigenvalue weighted by molar-refractivity contribution is 0.0697. The Morgan fingerprint density at radius 3 is 2.79 bits per heavy atom. The fraction of sp³-hybridized carbons (Fsp3) is 0.0625. The molecule has 2 aromatic carbocycles. The van der Waals surface area contributed by atoms with Crippen LogP contribution in [0.2, 0.25) is 0 Å². The van der Waals surface area contributed by atoms with Crippen molar-refractivity contribution in [3.8, 4) is 11.1 Å². The third kappa shape index (κ3) is 1.99. The highest BCUT2D eigenvalue weighted by Crippen LogP contribution is 2.31. The fourth-order valence-corrected chi connectivity index (χ4v) is 2.19. The monoisotopic (exact) mass is 252 g/mol. The van der Waals surface area contributed by atoms with Gasteiger partial charge in [0.25, 0.3) is 0 Å². The predicted octanol–water partition coefficient (Wildman–Crippen LogP) is 4.11. The highest BCUT2D eigenvalue weighted by Gasteiger charge is 2.10. The van der Waals surface area contributed by atoms with E-state index in [0.29, 0.717) is 0 Å². The third-order valence-electron chi connectivity index (χ3n) is 3.15. The normalized spacial score (nSPS) is 10.8. The zero-order valence-electron chi connectivity index (χ0n) is 10.4. The molecule has 3 heteroatoms. The number of carbonyl (C=O) groups is 1. The minimum Gasteiger partial charge on any atom is -0.478 e. The second-order valence-corrected chi connectivity index (χ2v) is 4.53. The first-order valence-corrected chi connectivity index (χ1v) is 5.97. The first-order valence-electron chi connectivity index (χ1n) is 5.97. The minimum absolute atomic E-state index is 0.277. The van der Waals surface area contributed by atoms with E-state index in [1.54, 1.807) is 24.5 Å². The zero-order chi connectivity index (χ0) is 13.4. The number of carboxylic acids is 1. The quantitative estimate of drug-likeness (QED) is 0.746. The van der Waals surface area contributed by atoms with Gasteiger partial charge >= 0.3 is 5.97 Å². The van der Waals surface area contributed by atoms with E-state index in [4.69, 9.17) is 9.52 Å². The molecule has 0 saturated heterocycles. The molecule has 0 amide bonds. The lowest BCUT2D eigenvalue weighted by Gasteiger charge is -2.01. The Kier molecular flexibility index (Phi) is 2.60. The van der Waals surface area contributed by atoms with Gasteiger partial charge in [0.05, 0.1) is 11.8 Å². The summed E-state index contributed by atoms with van der Waals surface area (Å²) in [4.78, 5) is 11.0. The van der Waals surface area contributed by atoms with Gasteiger partial charge in [-0.3, -0.25) is 0 Å². The van der Waals surface area contributed by atoms with Crippen LogP contribution in [0.15, 0.2) is 53.1 Å². The molecule has 3 aromatic rings. The van der Waals surface area contributed by atoms with Gasteiger partial charge in [0.1, 0.15) is 5.58 Å². The summed E-state index contributed by atoms with van der Waals surface area (Å²) < 4.78 is 5.51. The summed E-state index contributed by atoms with van der Waals surface area (Å²) in [6.45, 7) is 2.02. The molecule has 19 heavy (non-hydrogen) atoms. The lowest BCUT2D eigenvalue weighted by Crippen LogP contribution is -1.95. The number of benzene rings is 2. The molecular formula is C16H12O3. The Morgan fingerprint density at radius 1 is 1.16 bits per heavy atom. The SMILES string of the molecule is Cc1ccc2occ(-c3cccc(C(=O)O)c3)c2c1. The van der Waals surface area contributed by atoms with Crippen LogP contribution in [0.3, 0.4) is 0 Å². The second kappa shape index (κ2) is 4.28. The van der Waals surface area contributed by atoms with E-state index >= 15 is 0 Å². The van der Waals surface area contributed by atoms with Crippen molar-refractivity contribution >= 4 is 16.9 Å². The molecule has 0 aliphatic carbocycles. The van der Waals surface area contributed by atoms with Crippen molar-refractivity contribution in [2.45, 2.75) is 6.92 Å². The van der Waals surface area contributed by atoms with Gasteiger partial charge < -0.3 is 9.52 Å². The van der Waals surface area contributed by atoms with Crippen LogP contribution in [-0.4, -0.2) is 11.1 Å². The first kappa shape index (κ1) is 11.5. The van der Waals surface area contributed by atoms with Gasteiger partial charge in [0.2, 0.25) is 0 Å². The summed E-state index contributed by atoms with van der Waals surface area (Å²) in [5.74, 6) is -0.925. The van der Waals surface area contributed by atoms with Crippen molar-refractivity contribution in [1.82, 2.24) is 0 Å². The van der Waals surface area contributed by atoms with Crippen LogP contribution in [0.25, 0.3) is 22.1 Å². The summed E-state index contributed by atoms with van der Waals surface area (Å²) >= 11 is 0. The minimum atomic E-state index is -0.925. The third-order valence-corrected chi connectivity index (χ3v) is 3.15. The van der Waals surface area contributed by atoms with E-state index in [2.05, 4.69) is 0 Å². The Labute approximate surface area is 110 Å².